The van der Waals surface area contributed by atoms with Crippen molar-refractivity contribution in [3.63, 3.8) is 0 Å². The lowest BCUT2D eigenvalue weighted by Gasteiger charge is -2.00. The molecule has 0 bridgehead atoms. The van der Waals surface area contributed by atoms with Gasteiger partial charge in [0, 0.05) is 23.0 Å². The molecule has 0 heterocycles. The van der Waals surface area contributed by atoms with E-state index in [1.807, 2.05) is 0 Å². The molecule has 0 aliphatic heterocycles. The lowest BCUT2D eigenvalue weighted by molar-refractivity contribution is -0.385. The van der Waals surface area contributed by atoms with Crippen molar-refractivity contribution in [2.45, 2.75) is 6.42 Å². The van der Waals surface area contributed by atoms with Crippen LogP contribution in [0.3, 0.4) is 0 Å². The average Bonchev–Trinajstić information content (AvgIpc) is 2.01. The summed E-state index contributed by atoms with van der Waals surface area (Å²) in [6.07, 6.45) is 0.222. The van der Waals surface area contributed by atoms with Crippen molar-refractivity contribution in [2.24, 2.45) is 5.73 Å². The number of rotatable bonds is 3. The molecule has 3 N–H and O–H groups in total. The van der Waals surface area contributed by atoms with Crippen molar-refractivity contribution in [1.29, 1.82) is 5.41 Å². The fourth-order valence-electron chi connectivity index (χ4n) is 1.06. The average molecular weight is 258 g/mol. The van der Waals surface area contributed by atoms with Crippen LogP contribution in [0.5, 0.6) is 0 Å². The molecule has 1 aromatic carbocycles. The van der Waals surface area contributed by atoms with Crippen LogP contribution in [0.4, 0.5) is 5.69 Å². The third kappa shape index (κ3) is 2.81. The largest absolute Gasteiger partial charge is 0.387 e. The highest BCUT2D eigenvalue weighted by molar-refractivity contribution is 9.10. The van der Waals surface area contributed by atoms with E-state index in [0.717, 1.165) is 0 Å². The number of nitro groups is 1. The van der Waals surface area contributed by atoms with Crippen molar-refractivity contribution in [3.8, 4) is 0 Å². The van der Waals surface area contributed by atoms with Crippen LogP contribution in [0.15, 0.2) is 22.7 Å². The van der Waals surface area contributed by atoms with Crippen LogP contribution >= 0.6 is 15.9 Å². The second kappa shape index (κ2) is 4.19. The number of amidine groups is 1. The molecule has 0 aliphatic carbocycles. The zero-order valence-electron chi connectivity index (χ0n) is 7.16. The van der Waals surface area contributed by atoms with E-state index < -0.39 is 4.92 Å². The molecule has 0 aliphatic rings. The Morgan fingerprint density at radius 1 is 1.57 bits per heavy atom. The summed E-state index contributed by atoms with van der Waals surface area (Å²) in [4.78, 5) is 10.0. The Balaban J connectivity index is 3.07. The third-order valence-electron chi connectivity index (χ3n) is 1.55. The fourth-order valence-corrected chi connectivity index (χ4v) is 1.59. The van der Waals surface area contributed by atoms with Gasteiger partial charge in [-0.3, -0.25) is 15.5 Å². The number of halogens is 1. The topological polar surface area (TPSA) is 93.0 Å². The summed E-state index contributed by atoms with van der Waals surface area (Å²) in [7, 11) is 0. The van der Waals surface area contributed by atoms with Crippen LogP contribution in [0.25, 0.3) is 0 Å². The zero-order chi connectivity index (χ0) is 10.7. The molecular weight excluding hydrogens is 250 g/mol. The molecule has 0 aromatic heterocycles. The van der Waals surface area contributed by atoms with Crippen LogP contribution in [0.2, 0.25) is 0 Å². The van der Waals surface area contributed by atoms with E-state index in [1.165, 1.54) is 12.1 Å². The van der Waals surface area contributed by atoms with Crippen LogP contribution in [0.1, 0.15) is 5.56 Å². The molecule has 0 radical (unpaired) electrons. The van der Waals surface area contributed by atoms with Crippen molar-refractivity contribution >= 4 is 27.5 Å². The quantitative estimate of drug-likeness (QED) is 0.375. The number of benzene rings is 1. The van der Waals surface area contributed by atoms with Gasteiger partial charge in [0.15, 0.2) is 0 Å². The van der Waals surface area contributed by atoms with Gasteiger partial charge in [-0.2, -0.15) is 0 Å². The van der Waals surface area contributed by atoms with Crippen LogP contribution in [-0.2, 0) is 6.42 Å². The van der Waals surface area contributed by atoms with Crippen LogP contribution < -0.4 is 5.73 Å². The Kier molecular flexibility index (Phi) is 3.19. The Bertz CT molecular complexity index is 392. The number of hydrogen-bond donors (Lipinski definition) is 2. The van der Waals surface area contributed by atoms with Gasteiger partial charge in [-0.1, -0.05) is 15.9 Å². The highest BCUT2D eigenvalue weighted by atomic mass is 79.9. The number of nitrogens with zero attached hydrogens (tertiary/aromatic N) is 1. The molecule has 0 atom stereocenters. The Morgan fingerprint density at radius 2 is 2.21 bits per heavy atom. The molecule has 1 aromatic rings. The first-order chi connectivity index (χ1) is 6.49. The molecule has 0 spiro atoms. The van der Waals surface area contributed by atoms with Crippen molar-refractivity contribution in [3.05, 3.63) is 38.3 Å². The molecule has 0 unspecified atom stereocenters. The summed E-state index contributed by atoms with van der Waals surface area (Å²) in [6, 6.07) is 4.52. The summed E-state index contributed by atoms with van der Waals surface area (Å²) in [5.41, 5.74) is 5.85. The maximum absolute atomic E-state index is 10.5. The van der Waals surface area contributed by atoms with Crippen molar-refractivity contribution in [2.75, 3.05) is 0 Å². The van der Waals surface area contributed by atoms with Gasteiger partial charge in [-0.05, 0) is 11.6 Å². The van der Waals surface area contributed by atoms with Gasteiger partial charge in [-0.15, -0.1) is 0 Å². The van der Waals surface area contributed by atoms with Gasteiger partial charge >= 0.3 is 0 Å². The van der Waals surface area contributed by atoms with E-state index in [-0.39, 0.29) is 17.9 Å². The molecule has 0 saturated heterocycles. The summed E-state index contributed by atoms with van der Waals surface area (Å²) >= 11 is 3.16. The van der Waals surface area contributed by atoms with Gasteiger partial charge in [0.2, 0.25) is 0 Å². The summed E-state index contributed by atoms with van der Waals surface area (Å²) < 4.78 is 0.614. The van der Waals surface area contributed by atoms with Gasteiger partial charge in [0.1, 0.15) is 0 Å². The lowest BCUT2D eigenvalue weighted by atomic mass is 10.1. The molecule has 1 rings (SSSR count). The number of non-ortho nitro benzene ring substituents is 1. The van der Waals surface area contributed by atoms with E-state index in [4.69, 9.17) is 11.1 Å². The number of nitrogens with one attached hydrogen (secondary N) is 1. The molecule has 14 heavy (non-hydrogen) atoms. The van der Waals surface area contributed by atoms with Gasteiger partial charge in [0.05, 0.1) is 10.8 Å². The molecule has 0 amide bonds. The van der Waals surface area contributed by atoms with Crippen molar-refractivity contribution in [1.82, 2.24) is 0 Å². The number of nitro benzene ring substituents is 1. The van der Waals surface area contributed by atoms with E-state index in [0.29, 0.717) is 10.0 Å². The molecular formula is C8H8BrN3O2. The van der Waals surface area contributed by atoms with Gasteiger partial charge in [0.25, 0.3) is 5.69 Å². The Labute approximate surface area is 88.7 Å². The first kappa shape index (κ1) is 10.6. The summed E-state index contributed by atoms with van der Waals surface area (Å²) in [5.74, 6) is -0.0163. The Hall–Kier alpha value is -1.43. The summed E-state index contributed by atoms with van der Waals surface area (Å²) in [6.45, 7) is 0. The predicted molar refractivity (Wildman–Crippen MR) is 56.4 cm³/mol. The minimum absolute atomic E-state index is 0.00405. The van der Waals surface area contributed by atoms with E-state index >= 15 is 0 Å². The molecule has 6 heteroatoms. The maximum atomic E-state index is 10.5. The van der Waals surface area contributed by atoms with Gasteiger partial charge in [-0.25, -0.2) is 0 Å². The van der Waals surface area contributed by atoms with Crippen LogP contribution in [-0.4, -0.2) is 10.8 Å². The number of hydrogen-bond acceptors (Lipinski definition) is 3. The van der Waals surface area contributed by atoms with E-state index in [2.05, 4.69) is 15.9 Å². The molecule has 0 fully saturated rings. The maximum Gasteiger partial charge on any atom is 0.270 e. The SMILES string of the molecule is N=C(N)Cc1cc(Br)cc([N+](=O)[O-])c1. The monoisotopic (exact) mass is 257 g/mol. The predicted octanol–water partition coefficient (Wildman–Crippen LogP) is 1.84. The first-order valence-corrected chi connectivity index (χ1v) is 4.55. The number of nitrogens with two attached hydrogens (primary N) is 1. The van der Waals surface area contributed by atoms with E-state index in [1.54, 1.807) is 6.07 Å². The second-order valence-corrected chi connectivity index (χ2v) is 3.69. The fraction of sp³-hybridized carbons (Fsp3) is 0.125. The highest BCUT2D eigenvalue weighted by Crippen LogP contribution is 2.21. The standard InChI is InChI=1S/C8H8BrN3O2/c9-6-1-5(3-8(10)11)2-7(4-6)12(13)14/h1-2,4H,3H2,(H3,10,11). The van der Waals surface area contributed by atoms with E-state index in [9.17, 15) is 10.1 Å². The minimum Gasteiger partial charge on any atom is -0.387 e. The van der Waals surface area contributed by atoms with Crippen molar-refractivity contribution < 1.29 is 4.92 Å². The molecule has 5 nitrogen and oxygen atoms in total. The Morgan fingerprint density at radius 3 is 2.71 bits per heavy atom. The molecule has 74 valence electrons. The third-order valence-corrected chi connectivity index (χ3v) is 2.01. The first-order valence-electron chi connectivity index (χ1n) is 3.76. The summed E-state index contributed by atoms with van der Waals surface area (Å²) in [5, 5.41) is 17.6. The molecule has 0 saturated carbocycles. The van der Waals surface area contributed by atoms with Crippen LogP contribution in [0, 0.1) is 15.5 Å². The smallest absolute Gasteiger partial charge is 0.270 e. The zero-order valence-corrected chi connectivity index (χ0v) is 8.74. The lowest BCUT2D eigenvalue weighted by Crippen LogP contribution is -2.12. The second-order valence-electron chi connectivity index (χ2n) is 2.78. The highest BCUT2D eigenvalue weighted by Gasteiger charge is 2.08. The van der Waals surface area contributed by atoms with Gasteiger partial charge < -0.3 is 5.73 Å². The minimum atomic E-state index is -0.478. The normalized spacial score (nSPS) is 9.79.